The number of benzene rings is 2. The molecule has 0 bridgehead atoms. The third kappa shape index (κ3) is 5.63. The first kappa shape index (κ1) is 22.3. The van der Waals surface area contributed by atoms with E-state index in [9.17, 15) is 18.0 Å². The second-order valence-electron chi connectivity index (χ2n) is 7.96. The molecule has 1 heterocycles. The smallest absolute Gasteiger partial charge is 0.416 e. The van der Waals surface area contributed by atoms with Crippen LogP contribution >= 0.6 is 0 Å². The van der Waals surface area contributed by atoms with Crippen molar-refractivity contribution in [2.45, 2.75) is 45.3 Å². The van der Waals surface area contributed by atoms with Gasteiger partial charge in [-0.15, -0.1) is 0 Å². The van der Waals surface area contributed by atoms with Crippen LogP contribution in [0.4, 0.5) is 13.2 Å². The van der Waals surface area contributed by atoms with Crippen LogP contribution in [-0.4, -0.2) is 30.6 Å². The third-order valence-corrected chi connectivity index (χ3v) is 5.94. The maximum atomic E-state index is 12.8. The second-order valence-corrected chi connectivity index (χ2v) is 7.96. The number of hydrogen-bond donors (Lipinski definition) is 0. The summed E-state index contributed by atoms with van der Waals surface area (Å²) in [6.45, 7) is 4.20. The van der Waals surface area contributed by atoms with Gasteiger partial charge in [0.05, 0.1) is 17.6 Å². The Morgan fingerprint density at radius 3 is 2.20 bits per heavy atom. The van der Waals surface area contributed by atoms with Crippen molar-refractivity contribution >= 4 is 5.97 Å². The molecule has 0 aliphatic carbocycles. The summed E-state index contributed by atoms with van der Waals surface area (Å²) in [4.78, 5) is 15.0. The summed E-state index contributed by atoms with van der Waals surface area (Å²) in [5.74, 6) is -0.130. The van der Waals surface area contributed by atoms with Gasteiger partial charge in [0, 0.05) is 6.54 Å². The number of likely N-dealkylation sites (tertiary alicyclic amines) is 1. The van der Waals surface area contributed by atoms with Crippen molar-refractivity contribution in [2.24, 2.45) is 5.41 Å². The van der Waals surface area contributed by atoms with Crippen molar-refractivity contribution < 1.29 is 22.7 Å². The van der Waals surface area contributed by atoms with Gasteiger partial charge < -0.3 is 4.74 Å². The standard InChI is InChI=1S/C24H28F3NO2/c1-2-30-22(29)23(13-12-19-6-4-3-5-7-19)14-16-28(17-15-23)18-20-8-10-21(11-9-20)24(25,26)27/h3-11H,2,12-18H2,1H3. The molecule has 0 unspecified atom stereocenters. The molecule has 6 heteroatoms. The first-order valence-corrected chi connectivity index (χ1v) is 10.4. The summed E-state index contributed by atoms with van der Waals surface area (Å²) in [7, 11) is 0. The van der Waals surface area contributed by atoms with Crippen molar-refractivity contribution in [2.75, 3.05) is 19.7 Å². The van der Waals surface area contributed by atoms with Crippen molar-refractivity contribution in [3.05, 3.63) is 71.3 Å². The van der Waals surface area contributed by atoms with Crippen LogP contribution in [-0.2, 0) is 28.7 Å². The van der Waals surface area contributed by atoms with Gasteiger partial charge in [-0.2, -0.15) is 13.2 Å². The lowest BCUT2D eigenvalue weighted by atomic mass is 9.74. The van der Waals surface area contributed by atoms with Gasteiger partial charge in [0.15, 0.2) is 0 Å². The maximum absolute atomic E-state index is 12.8. The van der Waals surface area contributed by atoms with E-state index in [0.29, 0.717) is 39.1 Å². The summed E-state index contributed by atoms with van der Waals surface area (Å²) < 4.78 is 43.6. The fourth-order valence-electron chi connectivity index (χ4n) is 4.07. The molecule has 0 aromatic heterocycles. The van der Waals surface area contributed by atoms with E-state index in [4.69, 9.17) is 4.74 Å². The molecule has 2 aromatic carbocycles. The van der Waals surface area contributed by atoms with Gasteiger partial charge in [0.2, 0.25) is 0 Å². The van der Waals surface area contributed by atoms with E-state index in [1.165, 1.54) is 17.7 Å². The van der Waals surface area contributed by atoms with Gasteiger partial charge in [-0.3, -0.25) is 9.69 Å². The van der Waals surface area contributed by atoms with Gasteiger partial charge in [-0.25, -0.2) is 0 Å². The second kappa shape index (κ2) is 9.65. The van der Waals surface area contributed by atoms with Crippen LogP contribution in [0, 0.1) is 5.41 Å². The van der Waals surface area contributed by atoms with E-state index in [-0.39, 0.29) is 5.97 Å². The number of nitrogens with zero attached hydrogens (tertiary/aromatic N) is 1. The average molecular weight is 419 g/mol. The number of ether oxygens (including phenoxy) is 1. The number of alkyl halides is 3. The van der Waals surface area contributed by atoms with E-state index in [1.54, 1.807) is 0 Å². The highest BCUT2D eigenvalue weighted by Crippen LogP contribution is 2.38. The number of carbonyl (C=O) groups excluding carboxylic acids is 1. The minimum atomic E-state index is -4.32. The maximum Gasteiger partial charge on any atom is 0.416 e. The predicted octanol–water partition coefficient (Wildman–Crippen LogP) is 5.48. The molecule has 0 spiro atoms. The largest absolute Gasteiger partial charge is 0.466 e. The normalized spacial score (nSPS) is 16.9. The van der Waals surface area contributed by atoms with Crippen LogP contribution in [0.2, 0.25) is 0 Å². The lowest BCUT2D eigenvalue weighted by Gasteiger charge is -2.40. The number of hydrogen-bond acceptors (Lipinski definition) is 3. The summed E-state index contributed by atoms with van der Waals surface area (Å²) in [6.07, 6.45) is -1.37. The molecular formula is C24H28F3NO2. The Morgan fingerprint density at radius 2 is 1.63 bits per heavy atom. The van der Waals surface area contributed by atoms with E-state index in [1.807, 2.05) is 25.1 Å². The molecule has 162 valence electrons. The van der Waals surface area contributed by atoms with Crippen molar-refractivity contribution in [3.63, 3.8) is 0 Å². The van der Waals surface area contributed by atoms with Crippen molar-refractivity contribution in [3.8, 4) is 0 Å². The van der Waals surface area contributed by atoms with Gasteiger partial charge in [0.1, 0.15) is 0 Å². The first-order chi connectivity index (χ1) is 14.3. The molecule has 1 fully saturated rings. The lowest BCUT2D eigenvalue weighted by Crippen LogP contribution is -2.45. The zero-order chi connectivity index (χ0) is 21.6. The minimum absolute atomic E-state index is 0.130. The van der Waals surface area contributed by atoms with Crippen LogP contribution in [0.15, 0.2) is 54.6 Å². The summed E-state index contributed by atoms with van der Waals surface area (Å²) in [5, 5.41) is 0. The highest BCUT2D eigenvalue weighted by atomic mass is 19.4. The number of carbonyl (C=O) groups is 1. The molecule has 3 rings (SSSR count). The van der Waals surface area contributed by atoms with E-state index in [2.05, 4.69) is 17.0 Å². The van der Waals surface area contributed by atoms with Crippen LogP contribution in [0.5, 0.6) is 0 Å². The minimum Gasteiger partial charge on any atom is -0.466 e. The summed E-state index contributed by atoms with van der Waals surface area (Å²) in [5.41, 5.74) is 0.916. The van der Waals surface area contributed by atoms with E-state index in [0.717, 1.165) is 30.5 Å². The van der Waals surface area contributed by atoms with Crippen LogP contribution in [0.3, 0.4) is 0 Å². The van der Waals surface area contributed by atoms with E-state index < -0.39 is 17.2 Å². The predicted molar refractivity (Wildman–Crippen MR) is 110 cm³/mol. The molecule has 0 saturated carbocycles. The number of rotatable bonds is 7. The Bertz CT molecular complexity index is 811. The Kier molecular flexibility index (Phi) is 7.19. The summed E-state index contributed by atoms with van der Waals surface area (Å²) >= 11 is 0. The Hall–Kier alpha value is -2.34. The first-order valence-electron chi connectivity index (χ1n) is 10.4. The van der Waals surface area contributed by atoms with Gasteiger partial charge in [0.25, 0.3) is 0 Å². The average Bonchev–Trinajstić information content (AvgIpc) is 2.74. The molecule has 0 N–H and O–H groups in total. The number of aryl methyl sites for hydroxylation is 1. The Labute approximate surface area is 175 Å². The topological polar surface area (TPSA) is 29.5 Å². The SMILES string of the molecule is CCOC(=O)C1(CCc2ccccc2)CCN(Cc2ccc(C(F)(F)F)cc2)CC1. The lowest BCUT2D eigenvalue weighted by molar-refractivity contribution is -0.159. The molecular weight excluding hydrogens is 391 g/mol. The monoisotopic (exact) mass is 419 g/mol. The third-order valence-electron chi connectivity index (χ3n) is 5.94. The molecule has 1 aliphatic rings. The zero-order valence-electron chi connectivity index (χ0n) is 17.3. The quantitative estimate of drug-likeness (QED) is 0.557. The molecule has 0 atom stereocenters. The van der Waals surface area contributed by atoms with Crippen LogP contribution in [0.1, 0.15) is 42.9 Å². The zero-order valence-corrected chi connectivity index (χ0v) is 17.3. The van der Waals surface area contributed by atoms with E-state index >= 15 is 0 Å². The molecule has 2 aromatic rings. The van der Waals surface area contributed by atoms with Gasteiger partial charge in [-0.05, 0) is 69.0 Å². The Morgan fingerprint density at radius 1 is 1.00 bits per heavy atom. The van der Waals surface area contributed by atoms with Crippen LogP contribution < -0.4 is 0 Å². The Balaban J connectivity index is 1.61. The van der Waals surface area contributed by atoms with Gasteiger partial charge >= 0.3 is 12.1 Å². The molecule has 0 radical (unpaired) electrons. The highest BCUT2D eigenvalue weighted by molar-refractivity contribution is 5.77. The molecule has 0 amide bonds. The fraction of sp³-hybridized carbons (Fsp3) is 0.458. The molecule has 30 heavy (non-hydrogen) atoms. The molecule has 1 saturated heterocycles. The fourth-order valence-corrected chi connectivity index (χ4v) is 4.07. The van der Waals surface area contributed by atoms with Gasteiger partial charge in [-0.1, -0.05) is 42.5 Å². The number of halogens is 3. The number of piperidine rings is 1. The molecule has 1 aliphatic heterocycles. The highest BCUT2D eigenvalue weighted by Gasteiger charge is 2.42. The summed E-state index contributed by atoms with van der Waals surface area (Å²) in [6, 6.07) is 15.4. The van der Waals surface area contributed by atoms with Crippen LogP contribution in [0.25, 0.3) is 0 Å². The molecule has 3 nitrogen and oxygen atoms in total. The van der Waals surface area contributed by atoms with Crippen molar-refractivity contribution in [1.82, 2.24) is 4.90 Å². The number of esters is 1. The van der Waals surface area contributed by atoms with Crippen molar-refractivity contribution in [1.29, 1.82) is 0 Å².